The molecule has 0 radical (unpaired) electrons. The van der Waals surface area contributed by atoms with Crippen LogP contribution in [0.25, 0.3) is 11.0 Å². The summed E-state index contributed by atoms with van der Waals surface area (Å²) in [6.45, 7) is 5.74. The molecule has 0 aliphatic rings. The highest BCUT2D eigenvalue weighted by molar-refractivity contribution is 5.96. The monoisotopic (exact) mass is 354 g/mol. The summed E-state index contributed by atoms with van der Waals surface area (Å²) in [5, 5.41) is 7.21. The molecule has 0 atom stereocenters. The second kappa shape index (κ2) is 7.38. The van der Waals surface area contributed by atoms with Gasteiger partial charge in [-0.15, -0.1) is 0 Å². The number of nitrogens with two attached hydrogens (primary N) is 1. The first-order chi connectivity index (χ1) is 12.5. The van der Waals surface area contributed by atoms with Crippen LogP contribution < -0.4 is 11.1 Å². The van der Waals surface area contributed by atoms with E-state index in [1.165, 1.54) is 0 Å². The maximum atomic E-state index is 12.3. The van der Waals surface area contributed by atoms with Gasteiger partial charge in [-0.2, -0.15) is 5.10 Å². The minimum Gasteiger partial charge on any atom is -0.366 e. The molecule has 8 nitrogen and oxygen atoms in total. The molecule has 3 aromatic rings. The molecule has 0 unspecified atom stereocenters. The summed E-state index contributed by atoms with van der Waals surface area (Å²) in [5.41, 5.74) is 8.80. The molecule has 1 aromatic carbocycles. The van der Waals surface area contributed by atoms with Gasteiger partial charge in [-0.05, 0) is 44.5 Å². The van der Waals surface area contributed by atoms with Gasteiger partial charge in [-0.1, -0.05) is 0 Å². The van der Waals surface area contributed by atoms with Crippen molar-refractivity contribution >= 4 is 22.8 Å². The van der Waals surface area contributed by atoms with Gasteiger partial charge in [0.15, 0.2) is 0 Å². The van der Waals surface area contributed by atoms with E-state index in [4.69, 9.17) is 5.73 Å². The number of nitrogens with one attached hydrogen (secondary N) is 1. The molecular formula is C18H22N6O2. The van der Waals surface area contributed by atoms with Crippen LogP contribution in [0, 0.1) is 6.92 Å². The van der Waals surface area contributed by atoms with Gasteiger partial charge in [0.05, 0.1) is 23.1 Å². The first-order valence-electron chi connectivity index (χ1n) is 8.57. The Labute approximate surface area is 151 Å². The van der Waals surface area contributed by atoms with Crippen molar-refractivity contribution in [2.45, 2.75) is 33.4 Å². The zero-order valence-corrected chi connectivity index (χ0v) is 14.9. The highest BCUT2D eigenvalue weighted by Crippen LogP contribution is 2.15. The standard InChI is InChI=1S/C18H22N6O2/c1-3-24-16(9-12(2)22-24)18(26)20-7-4-8-23-11-21-14-10-13(17(19)25)5-6-15(14)23/h5-6,9-11H,3-4,7-8H2,1-2H3,(H2,19,25)(H,20,26). The number of rotatable bonds is 7. The van der Waals surface area contributed by atoms with Gasteiger partial charge in [0.2, 0.25) is 5.91 Å². The molecule has 0 aliphatic carbocycles. The summed E-state index contributed by atoms with van der Waals surface area (Å²) in [4.78, 5) is 27.8. The van der Waals surface area contributed by atoms with Gasteiger partial charge in [-0.25, -0.2) is 4.98 Å². The van der Waals surface area contributed by atoms with E-state index in [0.717, 1.165) is 23.1 Å². The van der Waals surface area contributed by atoms with E-state index in [0.29, 0.717) is 30.9 Å². The number of carbonyl (C=O) groups excluding carboxylic acids is 2. The van der Waals surface area contributed by atoms with Gasteiger partial charge in [0.25, 0.3) is 5.91 Å². The average Bonchev–Trinajstić information content (AvgIpc) is 3.21. The van der Waals surface area contributed by atoms with Crippen molar-refractivity contribution in [1.82, 2.24) is 24.6 Å². The molecule has 136 valence electrons. The number of fused-ring (bicyclic) bond motifs is 1. The lowest BCUT2D eigenvalue weighted by Gasteiger charge is -2.08. The van der Waals surface area contributed by atoms with Crippen molar-refractivity contribution in [2.24, 2.45) is 5.73 Å². The van der Waals surface area contributed by atoms with Crippen molar-refractivity contribution < 1.29 is 9.59 Å². The van der Waals surface area contributed by atoms with Gasteiger partial charge in [-0.3, -0.25) is 14.3 Å². The molecule has 26 heavy (non-hydrogen) atoms. The number of hydrogen-bond donors (Lipinski definition) is 2. The van der Waals surface area contributed by atoms with Crippen LogP contribution in [0.2, 0.25) is 0 Å². The quantitative estimate of drug-likeness (QED) is 0.627. The van der Waals surface area contributed by atoms with Crippen molar-refractivity contribution in [2.75, 3.05) is 6.54 Å². The van der Waals surface area contributed by atoms with Crippen LogP contribution in [-0.4, -0.2) is 37.7 Å². The van der Waals surface area contributed by atoms with Crippen LogP contribution in [0.3, 0.4) is 0 Å². The van der Waals surface area contributed by atoms with E-state index in [1.54, 1.807) is 29.2 Å². The Morgan fingerprint density at radius 2 is 2.08 bits per heavy atom. The molecule has 2 aromatic heterocycles. The number of amides is 2. The minimum atomic E-state index is -0.467. The molecule has 8 heteroatoms. The lowest BCUT2D eigenvalue weighted by molar-refractivity contribution is 0.0941. The largest absolute Gasteiger partial charge is 0.366 e. The van der Waals surface area contributed by atoms with Crippen LogP contribution in [0.5, 0.6) is 0 Å². The summed E-state index contributed by atoms with van der Waals surface area (Å²) in [5.74, 6) is -0.584. The third-order valence-electron chi connectivity index (χ3n) is 4.20. The highest BCUT2D eigenvalue weighted by atomic mass is 16.2. The SMILES string of the molecule is CCn1nc(C)cc1C(=O)NCCCn1cnc2cc(C(N)=O)ccc21. The van der Waals surface area contributed by atoms with Crippen molar-refractivity contribution in [1.29, 1.82) is 0 Å². The zero-order valence-electron chi connectivity index (χ0n) is 14.9. The van der Waals surface area contributed by atoms with Gasteiger partial charge < -0.3 is 15.6 Å². The normalized spacial score (nSPS) is 11.0. The summed E-state index contributed by atoms with van der Waals surface area (Å²) in [6, 6.07) is 7.01. The zero-order chi connectivity index (χ0) is 18.7. The minimum absolute atomic E-state index is 0.117. The molecule has 2 heterocycles. The summed E-state index contributed by atoms with van der Waals surface area (Å²) < 4.78 is 3.69. The average molecular weight is 354 g/mol. The fourth-order valence-electron chi connectivity index (χ4n) is 2.91. The second-order valence-electron chi connectivity index (χ2n) is 6.10. The number of aromatic nitrogens is 4. The number of primary amides is 1. The van der Waals surface area contributed by atoms with Crippen LogP contribution in [-0.2, 0) is 13.1 Å². The molecule has 0 saturated carbocycles. The Morgan fingerprint density at radius 1 is 1.27 bits per heavy atom. The maximum absolute atomic E-state index is 12.3. The lowest BCUT2D eigenvalue weighted by Crippen LogP contribution is -2.27. The Balaban J connectivity index is 1.57. The van der Waals surface area contributed by atoms with Crippen molar-refractivity contribution in [3.63, 3.8) is 0 Å². The van der Waals surface area contributed by atoms with Crippen LogP contribution >= 0.6 is 0 Å². The van der Waals surface area contributed by atoms with E-state index in [1.807, 2.05) is 24.5 Å². The van der Waals surface area contributed by atoms with E-state index in [9.17, 15) is 9.59 Å². The van der Waals surface area contributed by atoms with Gasteiger partial charge in [0, 0.05) is 25.2 Å². The van der Waals surface area contributed by atoms with Crippen LogP contribution in [0.1, 0.15) is 39.9 Å². The Hall–Kier alpha value is -3.16. The lowest BCUT2D eigenvalue weighted by atomic mass is 10.2. The summed E-state index contributed by atoms with van der Waals surface area (Å²) in [7, 11) is 0. The van der Waals surface area contributed by atoms with E-state index >= 15 is 0 Å². The summed E-state index contributed by atoms with van der Waals surface area (Å²) in [6.07, 6.45) is 2.49. The molecule has 2 amide bonds. The fourth-order valence-corrected chi connectivity index (χ4v) is 2.91. The van der Waals surface area contributed by atoms with E-state index in [2.05, 4.69) is 15.4 Å². The van der Waals surface area contributed by atoms with Crippen LogP contribution in [0.4, 0.5) is 0 Å². The highest BCUT2D eigenvalue weighted by Gasteiger charge is 2.12. The molecule has 0 saturated heterocycles. The summed E-state index contributed by atoms with van der Waals surface area (Å²) >= 11 is 0. The fraction of sp³-hybridized carbons (Fsp3) is 0.333. The maximum Gasteiger partial charge on any atom is 0.269 e. The first-order valence-corrected chi connectivity index (χ1v) is 8.57. The molecule has 0 bridgehead atoms. The predicted molar refractivity (Wildman–Crippen MR) is 97.8 cm³/mol. The Kier molecular flexibility index (Phi) is 5.01. The van der Waals surface area contributed by atoms with Gasteiger partial charge >= 0.3 is 0 Å². The third-order valence-corrected chi connectivity index (χ3v) is 4.20. The molecule has 0 spiro atoms. The van der Waals surface area contributed by atoms with Crippen LogP contribution in [0.15, 0.2) is 30.6 Å². The first kappa shape index (κ1) is 17.7. The Morgan fingerprint density at radius 3 is 2.81 bits per heavy atom. The number of carbonyl (C=O) groups is 2. The predicted octanol–water partition coefficient (Wildman–Crippen LogP) is 1.48. The van der Waals surface area contributed by atoms with E-state index in [-0.39, 0.29) is 5.91 Å². The number of imidazole rings is 1. The number of aryl methyl sites for hydroxylation is 3. The topological polar surface area (TPSA) is 108 Å². The number of benzene rings is 1. The molecule has 3 rings (SSSR count). The smallest absolute Gasteiger partial charge is 0.269 e. The molecule has 3 N–H and O–H groups in total. The second-order valence-corrected chi connectivity index (χ2v) is 6.10. The van der Waals surface area contributed by atoms with E-state index < -0.39 is 5.91 Å². The Bertz CT molecular complexity index is 956. The molecule has 0 fully saturated rings. The number of hydrogen-bond acceptors (Lipinski definition) is 4. The molecular weight excluding hydrogens is 332 g/mol. The van der Waals surface area contributed by atoms with Crippen molar-refractivity contribution in [3.8, 4) is 0 Å². The number of nitrogens with zero attached hydrogens (tertiary/aromatic N) is 4. The third kappa shape index (κ3) is 3.58. The van der Waals surface area contributed by atoms with Crippen molar-refractivity contribution in [3.05, 3.63) is 47.5 Å². The molecule has 0 aliphatic heterocycles. The van der Waals surface area contributed by atoms with Gasteiger partial charge in [0.1, 0.15) is 5.69 Å².